The largest absolute Gasteiger partial charge is 0.370 e. The van der Waals surface area contributed by atoms with Crippen molar-refractivity contribution in [1.82, 2.24) is 0 Å². The molecule has 1 aliphatic rings. The molecule has 0 aliphatic carbocycles. The summed E-state index contributed by atoms with van der Waals surface area (Å²) in [6, 6.07) is 15.3. The summed E-state index contributed by atoms with van der Waals surface area (Å²) in [4.78, 5) is 24.1. The molecular weight excluding hydrogens is 272 g/mol. The summed E-state index contributed by atoms with van der Waals surface area (Å²) in [6.45, 7) is -0.855. The molecule has 0 aromatic heterocycles. The Hall–Kier alpha value is -2.73. The molecule has 3 rings (SSSR count). The van der Waals surface area contributed by atoms with E-state index in [2.05, 4.69) is 0 Å². The van der Waals surface area contributed by atoms with E-state index >= 15 is 0 Å². The van der Waals surface area contributed by atoms with E-state index in [0.29, 0.717) is 11.4 Å². The second-order valence-corrected chi connectivity index (χ2v) is 4.84. The number of rotatable bonds is 3. The van der Waals surface area contributed by atoms with Gasteiger partial charge in [-0.15, -0.1) is 0 Å². The van der Waals surface area contributed by atoms with Crippen LogP contribution in [0.15, 0.2) is 54.6 Å². The molecule has 0 saturated heterocycles. The van der Waals surface area contributed by atoms with Gasteiger partial charge >= 0.3 is 0 Å². The molecule has 1 unspecified atom stereocenters. The van der Waals surface area contributed by atoms with Gasteiger partial charge in [0.15, 0.2) is 0 Å². The summed E-state index contributed by atoms with van der Waals surface area (Å²) in [6.07, 6.45) is 0. The van der Waals surface area contributed by atoms with Crippen molar-refractivity contribution in [3.63, 3.8) is 0 Å². The van der Waals surface area contributed by atoms with Gasteiger partial charge in [-0.1, -0.05) is 36.4 Å². The number of carbonyl (C=O) groups is 1. The summed E-state index contributed by atoms with van der Waals surface area (Å²) in [5.74, 6) is -0.702. The van der Waals surface area contributed by atoms with Crippen LogP contribution < -0.4 is 4.90 Å². The Balaban J connectivity index is 2.17. The smallest absolute Gasteiger partial charge is 0.275 e. The zero-order chi connectivity index (χ0) is 15.0. The van der Waals surface area contributed by atoms with E-state index in [4.69, 9.17) is 0 Å². The first-order valence-corrected chi connectivity index (χ1v) is 6.37. The fraction of sp³-hybridized carbons (Fsp3) is 0.133. The maximum absolute atomic E-state index is 12.6. The third-order valence-electron chi connectivity index (χ3n) is 3.52. The average Bonchev–Trinajstić information content (AvgIpc) is 2.68. The van der Waals surface area contributed by atoms with Crippen molar-refractivity contribution in [2.45, 2.75) is 5.60 Å². The minimum absolute atomic E-state index is 0.260. The van der Waals surface area contributed by atoms with Crippen LogP contribution in [0.25, 0.3) is 0 Å². The number of aliphatic hydroxyl groups is 1. The summed E-state index contributed by atoms with van der Waals surface area (Å²) >= 11 is 0. The van der Waals surface area contributed by atoms with Crippen molar-refractivity contribution in [2.75, 3.05) is 11.4 Å². The van der Waals surface area contributed by atoms with Crippen LogP contribution in [0.4, 0.5) is 11.4 Å². The maximum Gasteiger partial charge on any atom is 0.275 e. The van der Waals surface area contributed by atoms with Gasteiger partial charge in [0.1, 0.15) is 0 Å². The van der Waals surface area contributed by atoms with E-state index in [1.165, 1.54) is 4.90 Å². The first kappa shape index (κ1) is 13.3. The van der Waals surface area contributed by atoms with Crippen molar-refractivity contribution < 1.29 is 14.8 Å². The Morgan fingerprint density at radius 2 is 1.71 bits per heavy atom. The number of nitrogens with zero attached hydrogens (tertiary/aromatic N) is 2. The molecule has 1 N–H and O–H groups in total. The zero-order valence-electron chi connectivity index (χ0n) is 11.0. The highest BCUT2D eigenvalue weighted by atomic mass is 16.6. The molecule has 0 fully saturated rings. The predicted molar refractivity (Wildman–Crippen MR) is 75.8 cm³/mol. The number of benzene rings is 2. The van der Waals surface area contributed by atoms with Crippen molar-refractivity contribution in [3.05, 3.63) is 70.3 Å². The topological polar surface area (TPSA) is 83.7 Å². The first-order valence-electron chi connectivity index (χ1n) is 6.37. The van der Waals surface area contributed by atoms with E-state index in [-0.39, 0.29) is 5.56 Å². The molecule has 0 radical (unpaired) electrons. The Kier molecular flexibility index (Phi) is 2.95. The van der Waals surface area contributed by atoms with Crippen LogP contribution in [-0.4, -0.2) is 22.5 Å². The monoisotopic (exact) mass is 284 g/mol. The molecule has 2 aromatic rings. The lowest BCUT2D eigenvalue weighted by atomic mass is 9.96. The Bertz CT molecular complexity index is 717. The molecule has 2 aromatic carbocycles. The predicted octanol–water partition coefficient (Wildman–Crippen LogP) is 1.83. The molecule has 1 atom stereocenters. The van der Waals surface area contributed by atoms with E-state index in [1.54, 1.807) is 54.6 Å². The van der Waals surface area contributed by atoms with Gasteiger partial charge in [0.05, 0.1) is 5.69 Å². The minimum Gasteiger partial charge on any atom is -0.370 e. The van der Waals surface area contributed by atoms with Gasteiger partial charge in [-0.25, -0.2) is 0 Å². The Morgan fingerprint density at radius 1 is 1.10 bits per heavy atom. The third-order valence-corrected chi connectivity index (χ3v) is 3.52. The highest BCUT2D eigenvalue weighted by Gasteiger charge is 2.53. The molecular formula is C15H12N2O4. The fourth-order valence-corrected chi connectivity index (χ4v) is 2.60. The first-order chi connectivity index (χ1) is 10.0. The van der Waals surface area contributed by atoms with Crippen LogP contribution in [0.5, 0.6) is 0 Å². The Labute approximate surface area is 120 Å². The number of nitro groups is 1. The molecule has 21 heavy (non-hydrogen) atoms. The normalized spacial score (nSPS) is 20.4. The van der Waals surface area contributed by atoms with Gasteiger partial charge < -0.3 is 5.11 Å². The van der Waals surface area contributed by atoms with E-state index < -0.39 is 23.0 Å². The van der Waals surface area contributed by atoms with Crippen molar-refractivity contribution in [1.29, 1.82) is 0 Å². The van der Waals surface area contributed by atoms with E-state index in [1.807, 2.05) is 0 Å². The third kappa shape index (κ3) is 1.96. The standard InChI is InChI=1S/C15H12N2O4/c18-14-15(19,10-16(20)21)12-8-4-5-9-13(12)17(14)11-6-2-1-3-7-11/h1-9,19H,10H2. The zero-order valence-corrected chi connectivity index (χ0v) is 11.0. The fourth-order valence-electron chi connectivity index (χ4n) is 2.60. The summed E-state index contributed by atoms with van der Waals surface area (Å²) < 4.78 is 0. The van der Waals surface area contributed by atoms with Crippen LogP contribution in [0.1, 0.15) is 5.56 Å². The van der Waals surface area contributed by atoms with Crippen LogP contribution in [0.3, 0.4) is 0 Å². The second-order valence-electron chi connectivity index (χ2n) is 4.84. The molecule has 106 valence electrons. The van der Waals surface area contributed by atoms with E-state index in [0.717, 1.165) is 0 Å². The van der Waals surface area contributed by atoms with Crippen LogP contribution >= 0.6 is 0 Å². The molecule has 0 bridgehead atoms. The Morgan fingerprint density at radius 3 is 2.38 bits per heavy atom. The van der Waals surface area contributed by atoms with E-state index in [9.17, 15) is 20.0 Å². The van der Waals surface area contributed by atoms with Gasteiger partial charge in [0.2, 0.25) is 12.1 Å². The van der Waals surface area contributed by atoms with Crippen LogP contribution in [0.2, 0.25) is 0 Å². The second kappa shape index (κ2) is 4.68. The number of fused-ring (bicyclic) bond motifs is 1. The van der Waals surface area contributed by atoms with Gasteiger partial charge in [-0.2, -0.15) is 0 Å². The van der Waals surface area contributed by atoms with Crippen molar-refractivity contribution >= 4 is 17.3 Å². The van der Waals surface area contributed by atoms with Crippen LogP contribution in [-0.2, 0) is 10.4 Å². The van der Waals surface area contributed by atoms with Crippen molar-refractivity contribution in [2.24, 2.45) is 0 Å². The summed E-state index contributed by atoms with van der Waals surface area (Å²) in [7, 11) is 0. The van der Waals surface area contributed by atoms with Gasteiger partial charge in [-0.3, -0.25) is 19.8 Å². The number of carbonyl (C=O) groups excluding carboxylic acids is 1. The highest BCUT2D eigenvalue weighted by molar-refractivity contribution is 6.11. The van der Waals surface area contributed by atoms with Gasteiger partial charge in [-0.05, 0) is 18.2 Å². The molecule has 6 nitrogen and oxygen atoms in total. The quantitative estimate of drug-likeness (QED) is 0.688. The maximum atomic E-state index is 12.6. The lowest BCUT2D eigenvalue weighted by Crippen LogP contribution is -2.43. The lowest BCUT2D eigenvalue weighted by molar-refractivity contribution is -0.498. The van der Waals surface area contributed by atoms with Crippen LogP contribution in [0, 0.1) is 10.1 Å². The summed E-state index contributed by atoms with van der Waals surface area (Å²) in [5, 5.41) is 21.4. The lowest BCUT2D eigenvalue weighted by Gasteiger charge is -2.20. The molecule has 1 amide bonds. The van der Waals surface area contributed by atoms with Crippen molar-refractivity contribution in [3.8, 4) is 0 Å². The number of hydrogen-bond acceptors (Lipinski definition) is 4. The molecule has 0 spiro atoms. The molecule has 0 saturated carbocycles. The molecule has 1 heterocycles. The SMILES string of the molecule is O=C1N(c2ccccc2)c2ccccc2C1(O)C[N+](=O)[O-]. The average molecular weight is 284 g/mol. The number of anilines is 2. The number of para-hydroxylation sites is 2. The molecule has 1 aliphatic heterocycles. The van der Waals surface area contributed by atoms with Gasteiger partial charge in [0, 0.05) is 16.2 Å². The van der Waals surface area contributed by atoms with Gasteiger partial charge in [0.25, 0.3) is 5.91 Å². The highest BCUT2D eigenvalue weighted by Crippen LogP contribution is 2.44. The minimum atomic E-state index is -2.13. The number of amides is 1. The number of hydrogen-bond donors (Lipinski definition) is 1. The molecule has 6 heteroatoms. The summed E-state index contributed by atoms with van der Waals surface area (Å²) in [5.41, 5.74) is -0.835.